The molecule has 0 spiro atoms. The van der Waals surface area contributed by atoms with Gasteiger partial charge >= 0.3 is 0 Å². The van der Waals surface area contributed by atoms with Gasteiger partial charge in [0.15, 0.2) is 0 Å². The number of likely N-dealkylation sites (tertiary alicyclic amines) is 1. The van der Waals surface area contributed by atoms with Crippen LogP contribution in [-0.2, 0) is 10.0 Å². The summed E-state index contributed by atoms with van der Waals surface area (Å²) in [6.07, 6.45) is 2.62. The fourth-order valence-electron chi connectivity index (χ4n) is 1.97. The van der Waals surface area contributed by atoms with E-state index < -0.39 is 15.6 Å². The van der Waals surface area contributed by atoms with E-state index in [2.05, 4.69) is 15.7 Å². The lowest BCUT2D eigenvalue weighted by molar-refractivity contribution is 0.213. The molecule has 2 fully saturated rings. The summed E-state index contributed by atoms with van der Waals surface area (Å²) in [7, 11) is -1.28. The minimum atomic E-state index is -3.27. The van der Waals surface area contributed by atoms with Crippen LogP contribution in [0.15, 0.2) is 0 Å². The molecule has 1 N–H and O–H groups in total. The summed E-state index contributed by atoms with van der Waals surface area (Å²) in [6, 6.07) is 2.16. The summed E-state index contributed by atoms with van der Waals surface area (Å²) in [5.41, 5.74) is -0.867. The maximum absolute atomic E-state index is 11.8. The smallest absolute Gasteiger partial charge is 0.215 e. The number of sulfonamides is 1. The van der Waals surface area contributed by atoms with Gasteiger partial charge in [-0.15, -0.1) is 0 Å². The molecule has 1 aliphatic carbocycles. The van der Waals surface area contributed by atoms with Crippen LogP contribution < -0.4 is 4.72 Å². The summed E-state index contributed by atoms with van der Waals surface area (Å²) in [6.45, 7) is 1.53. The third-order valence-corrected chi connectivity index (χ3v) is 5.38. The van der Waals surface area contributed by atoms with Crippen molar-refractivity contribution in [3.8, 4) is 6.07 Å². The fourth-order valence-corrected chi connectivity index (χ4v) is 3.69. The standard InChI is InChI=1S/C10H17N3O2S/c1-13-6-4-10(8-11,5-7-13)12-16(14,15)9-2-3-9/h9,12H,2-7H2,1H3. The average Bonchev–Trinajstić information content (AvgIpc) is 3.05. The number of nitrogens with one attached hydrogen (secondary N) is 1. The van der Waals surface area contributed by atoms with Gasteiger partial charge < -0.3 is 4.90 Å². The van der Waals surface area contributed by atoms with Gasteiger partial charge in [0.1, 0.15) is 5.54 Å². The zero-order valence-corrected chi connectivity index (χ0v) is 10.3. The monoisotopic (exact) mass is 243 g/mol. The van der Waals surface area contributed by atoms with E-state index in [-0.39, 0.29) is 5.25 Å². The Bertz CT molecular complexity index is 400. The van der Waals surface area contributed by atoms with E-state index in [1.807, 2.05) is 7.05 Å². The molecule has 6 heteroatoms. The molecule has 0 unspecified atom stereocenters. The van der Waals surface area contributed by atoms with Crippen molar-refractivity contribution in [2.24, 2.45) is 0 Å². The highest BCUT2D eigenvalue weighted by Gasteiger charge is 2.43. The van der Waals surface area contributed by atoms with Gasteiger partial charge in [0.2, 0.25) is 10.0 Å². The number of hydrogen-bond acceptors (Lipinski definition) is 4. The Morgan fingerprint density at radius 1 is 1.38 bits per heavy atom. The SMILES string of the molecule is CN1CCC(C#N)(NS(=O)(=O)C2CC2)CC1. The molecule has 0 aromatic rings. The molecule has 90 valence electrons. The van der Waals surface area contributed by atoms with Crippen LogP contribution in [0.1, 0.15) is 25.7 Å². The van der Waals surface area contributed by atoms with E-state index in [1.54, 1.807) is 0 Å². The van der Waals surface area contributed by atoms with Crippen LogP contribution in [-0.4, -0.2) is 44.2 Å². The van der Waals surface area contributed by atoms with Gasteiger partial charge in [0.05, 0.1) is 11.3 Å². The Kier molecular flexibility index (Phi) is 2.95. The van der Waals surface area contributed by atoms with Crippen molar-refractivity contribution in [2.45, 2.75) is 36.5 Å². The first-order chi connectivity index (χ1) is 7.47. The molecule has 0 aromatic heterocycles. The van der Waals surface area contributed by atoms with Crippen molar-refractivity contribution in [3.05, 3.63) is 0 Å². The highest BCUT2D eigenvalue weighted by Crippen LogP contribution is 2.30. The molecule has 2 aliphatic rings. The molecule has 0 amide bonds. The van der Waals surface area contributed by atoms with Gasteiger partial charge in [-0.3, -0.25) is 0 Å². The van der Waals surface area contributed by atoms with Crippen LogP contribution in [0, 0.1) is 11.3 Å². The first-order valence-electron chi connectivity index (χ1n) is 5.60. The van der Waals surface area contributed by atoms with Crippen LogP contribution in [0.4, 0.5) is 0 Å². The number of hydrogen-bond donors (Lipinski definition) is 1. The van der Waals surface area contributed by atoms with E-state index >= 15 is 0 Å². The van der Waals surface area contributed by atoms with Crippen molar-refractivity contribution >= 4 is 10.0 Å². The van der Waals surface area contributed by atoms with Crippen molar-refractivity contribution < 1.29 is 8.42 Å². The van der Waals surface area contributed by atoms with E-state index in [0.717, 1.165) is 25.9 Å². The first kappa shape index (κ1) is 11.8. The lowest BCUT2D eigenvalue weighted by atomic mass is 9.91. The molecule has 0 atom stereocenters. The quantitative estimate of drug-likeness (QED) is 0.760. The Morgan fingerprint density at radius 3 is 2.38 bits per heavy atom. The summed E-state index contributed by atoms with van der Waals surface area (Å²) in [4.78, 5) is 2.11. The second-order valence-corrected chi connectivity index (χ2v) is 6.80. The molecule has 0 bridgehead atoms. The third-order valence-electron chi connectivity index (χ3n) is 3.36. The van der Waals surface area contributed by atoms with Gasteiger partial charge in [0.25, 0.3) is 0 Å². The third kappa shape index (κ3) is 2.37. The van der Waals surface area contributed by atoms with Gasteiger partial charge in [0, 0.05) is 13.1 Å². The minimum Gasteiger partial charge on any atom is -0.306 e. The zero-order valence-electron chi connectivity index (χ0n) is 9.44. The Hall–Kier alpha value is -0.640. The maximum atomic E-state index is 11.8. The molecule has 1 aliphatic heterocycles. The molecule has 1 heterocycles. The molecule has 0 aromatic carbocycles. The van der Waals surface area contributed by atoms with Gasteiger partial charge in [-0.25, -0.2) is 8.42 Å². The van der Waals surface area contributed by atoms with E-state index in [9.17, 15) is 13.7 Å². The maximum Gasteiger partial charge on any atom is 0.215 e. The summed E-state index contributed by atoms with van der Waals surface area (Å²) < 4.78 is 26.3. The number of rotatable bonds is 3. The largest absolute Gasteiger partial charge is 0.306 e. The van der Waals surface area contributed by atoms with Crippen molar-refractivity contribution in [1.82, 2.24) is 9.62 Å². The highest BCUT2D eigenvalue weighted by atomic mass is 32.2. The van der Waals surface area contributed by atoms with Crippen molar-refractivity contribution in [1.29, 1.82) is 5.26 Å². The molecule has 1 saturated carbocycles. The van der Waals surface area contributed by atoms with Crippen molar-refractivity contribution in [3.63, 3.8) is 0 Å². The molecule has 0 radical (unpaired) electrons. The topological polar surface area (TPSA) is 73.2 Å². The number of nitrogens with zero attached hydrogens (tertiary/aromatic N) is 2. The summed E-state index contributed by atoms with van der Waals surface area (Å²) in [5.74, 6) is 0. The van der Waals surface area contributed by atoms with Crippen LogP contribution in [0.3, 0.4) is 0 Å². The molecular formula is C10H17N3O2S. The average molecular weight is 243 g/mol. The first-order valence-corrected chi connectivity index (χ1v) is 7.15. The molecular weight excluding hydrogens is 226 g/mol. The normalized spacial score (nSPS) is 26.2. The molecule has 16 heavy (non-hydrogen) atoms. The van der Waals surface area contributed by atoms with E-state index in [4.69, 9.17) is 0 Å². The molecule has 5 nitrogen and oxygen atoms in total. The Morgan fingerprint density at radius 2 is 1.94 bits per heavy atom. The number of nitriles is 1. The molecule has 2 rings (SSSR count). The van der Waals surface area contributed by atoms with Crippen LogP contribution in [0.2, 0.25) is 0 Å². The predicted molar refractivity (Wildman–Crippen MR) is 60.2 cm³/mol. The fraction of sp³-hybridized carbons (Fsp3) is 0.900. The van der Waals surface area contributed by atoms with Crippen LogP contribution in [0.25, 0.3) is 0 Å². The Labute approximate surface area is 96.5 Å². The second kappa shape index (κ2) is 3.99. The van der Waals surface area contributed by atoms with Gasteiger partial charge in [-0.1, -0.05) is 0 Å². The predicted octanol–water partition coefficient (Wildman–Crippen LogP) is 0.0562. The Balaban J connectivity index is 2.08. The van der Waals surface area contributed by atoms with Crippen LogP contribution in [0.5, 0.6) is 0 Å². The van der Waals surface area contributed by atoms with E-state index in [1.165, 1.54) is 0 Å². The minimum absolute atomic E-state index is 0.252. The van der Waals surface area contributed by atoms with Gasteiger partial charge in [-0.2, -0.15) is 9.98 Å². The summed E-state index contributed by atoms with van der Waals surface area (Å²) in [5, 5.41) is 8.95. The van der Waals surface area contributed by atoms with Crippen molar-refractivity contribution in [2.75, 3.05) is 20.1 Å². The zero-order chi connectivity index (χ0) is 11.8. The highest BCUT2D eigenvalue weighted by molar-refractivity contribution is 7.90. The van der Waals surface area contributed by atoms with Crippen LogP contribution >= 0.6 is 0 Å². The lowest BCUT2D eigenvalue weighted by Crippen LogP contribution is -2.54. The second-order valence-electron chi connectivity index (χ2n) is 4.84. The van der Waals surface area contributed by atoms with Gasteiger partial charge in [-0.05, 0) is 32.7 Å². The van der Waals surface area contributed by atoms with E-state index in [0.29, 0.717) is 12.8 Å². The number of piperidine rings is 1. The summed E-state index contributed by atoms with van der Waals surface area (Å²) >= 11 is 0. The lowest BCUT2D eigenvalue weighted by Gasteiger charge is -2.35. The molecule has 1 saturated heterocycles.